The van der Waals surface area contributed by atoms with Crippen LogP contribution in [0.1, 0.15) is 13.3 Å². The summed E-state index contributed by atoms with van der Waals surface area (Å²) in [6.07, 6.45) is 1.85. The predicted octanol–water partition coefficient (Wildman–Crippen LogP) is 2.31. The highest BCUT2D eigenvalue weighted by molar-refractivity contribution is 5.90. The van der Waals surface area contributed by atoms with Crippen LogP contribution in [-0.4, -0.2) is 45.2 Å². The summed E-state index contributed by atoms with van der Waals surface area (Å²) in [7, 11) is 0. The average molecular weight is 330 g/mol. The molecular formula is C16H18N4O4. The zero-order valence-electron chi connectivity index (χ0n) is 13.2. The first-order chi connectivity index (χ1) is 11.5. The second-order valence-electron chi connectivity index (χ2n) is 6.04. The van der Waals surface area contributed by atoms with Crippen molar-refractivity contribution in [3.05, 3.63) is 30.7 Å². The lowest BCUT2D eigenvalue weighted by molar-refractivity contribution is -0.143. The van der Waals surface area contributed by atoms with Crippen molar-refractivity contribution in [2.75, 3.05) is 18.4 Å². The second-order valence-corrected chi connectivity index (χ2v) is 6.04. The van der Waals surface area contributed by atoms with Gasteiger partial charge in [-0.1, -0.05) is 12.1 Å². The number of hydrogen-bond acceptors (Lipinski definition) is 5. The summed E-state index contributed by atoms with van der Waals surface area (Å²) in [6.45, 7) is 2.73. The molecule has 0 aliphatic carbocycles. The van der Waals surface area contributed by atoms with E-state index in [9.17, 15) is 14.7 Å². The van der Waals surface area contributed by atoms with Gasteiger partial charge in [0.15, 0.2) is 0 Å². The molecule has 0 bridgehead atoms. The van der Waals surface area contributed by atoms with Crippen LogP contribution in [0.15, 0.2) is 35.2 Å². The highest BCUT2D eigenvalue weighted by atomic mass is 16.5. The molecule has 1 aliphatic heterocycles. The summed E-state index contributed by atoms with van der Waals surface area (Å²) in [5.41, 5.74) is 1.40. The number of carbonyl (C=O) groups is 2. The van der Waals surface area contributed by atoms with Crippen LogP contribution in [0.25, 0.3) is 11.4 Å². The van der Waals surface area contributed by atoms with Crippen molar-refractivity contribution in [3.8, 4) is 11.4 Å². The van der Waals surface area contributed by atoms with E-state index < -0.39 is 11.9 Å². The van der Waals surface area contributed by atoms with Crippen LogP contribution < -0.4 is 5.32 Å². The lowest BCUT2D eigenvalue weighted by Crippen LogP contribution is -2.47. The van der Waals surface area contributed by atoms with Crippen molar-refractivity contribution < 1.29 is 19.2 Å². The zero-order chi connectivity index (χ0) is 17.1. The van der Waals surface area contributed by atoms with E-state index in [0.717, 1.165) is 5.56 Å². The fourth-order valence-corrected chi connectivity index (χ4v) is 2.90. The monoisotopic (exact) mass is 330 g/mol. The number of likely N-dealkylation sites (tertiary alicyclic amines) is 1. The van der Waals surface area contributed by atoms with Gasteiger partial charge in [0.25, 0.3) is 0 Å². The van der Waals surface area contributed by atoms with E-state index in [4.69, 9.17) is 4.52 Å². The third kappa shape index (κ3) is 3.53. The third-order valence-corrected chi connectivity index (χ3v) is 4.05. The molecule has 1 aliphatic rings. The maximum Gasteiger partial charge on any atom is 0.321 e. The van der Waals surface area contributed by atoms with Crippen molar-refractivity contribution in [1.82, 2.24) is 15.0 Å². The Hall–Kier alpha value is -2.90. The molecule has 126 valence electrons. The number of hydrogen-bond donors (Lipinski definition) is 2. The number of amides is 2. The van der Waals surface area contributed by atoms with Crippen LogP contribution in [0, 0.1) is 11.8 Å². The summed E-state index contributed by atoms with van der Waals surface area (Å²) in [5, 5.41) is 15.7. The number of anilines is 1. The maximum atomic E-state index is 12.4. The highest BCUT2D eigenvalue weighted by Gasteiger charge is 2.31. The fraction of sp³-hybridized carbons (Fsp3) is 0.375. The van der Waals surface area contributed by atoms with Crippen LogP contribution in [0.3, 0.4) is 0 Å². The number of carbonyl (C=O) groups excluding carboxylic acids is 1. The van der Waals surface area contributed by atoms with E-state index in [1.165, 1.54) is 6.39 Å². The molecule has 8 heteroatoms. The van der Waals surface area contributed by atoms with Gasteiger partial charge in [0, 0.05) is 24.3 Å². The molecule has 1 fully saturated rings. The fourth-order valence-electron chi connectivity index (χ4n) is 2.90. The molecule has 0 spiro atoms. The molecule has 24 heavy (non-hydrogen) atoms. The number of piperidine rings is 1. The van der Waals surface area contributed by atoms with Gasteiger partial charge in [-0.15, -0.1) is 0 Å². The number of carboxylic acid groups (broad SMARTS) is 1. The predicted molar refractivity (Wildman–Crippen MR) is 85.2 cm³/mol. The van der Waals surface area contributed by atoms with Gasteiger partial charge in [0.1, 0.15) is 0 Å². The smallest absolute Gasteiger partial charge is 0.321 e. The topological polar surface area (TPSA) is 109 Å². The van der Waals surface area contributed by atoms with E-state index in [1.54, 1.807) is 29.2 Å². The van der Waals surface area contributed by atoms with Crippen LogP contribution in [0.2, 0.25) is 0 Å². The number of nitrogens with zero attached hydrogens (tertiary/aromatic N) is 3. The van der Waals surface area contributed by atoms with E-state index in [1.807, 2.05) is 6.92 Å². The molecule has 2 heterocycles. The van der Waals surface area contributed by atoms with Crippen LogP contribution >= 0.6 is 0 Å². The standard InChI is InChI=1S/C16H18N4O4/c1-10-6-12(15(21)22)8-20(7-10)16(23)18-13-4-2-11(3-5-13)14-17-9-24-19-14/h2-5,9-10,12H,6-8H2,1H3,(H,18,23)(H,21,22). The normalized spacial score (nSPS) is 20.6. The number of benzene rings is 1. The van der Waals surface area contributed by atoms with E-state index >= 15 is 0 Å². The molecule has 0 saturated carbocycles. The lowest BCUT2D eigenvalue weighted by Gasteiger charge is -2.34. The van der Waals surface area contributed by atoms with Crippen LogP contribution in [-0.2, 0) is 4.79 Å². The Morgan fingerprint density at radius 2 is 2.04 bits per heavy atom. The van der Waals surface area contributed by atoms with Crippen molar-refractivity contribution in [1.29, 1.82) is 0 Å². The van der Waals surface area contributed by atoms with Gasteiger partial charge in [-0.2, -0.15) is 4.98 Å². The van der Waals surface area contributed by atoms with Gasteiger partial charge in [0.05, 0.1) is 5.92 Å². The third-order valence-electron chi connectivity index (χ3n) is 4.05. The van der Waals surface area contributed by atoms with Gasteiger partial charge in [0.2, 0.25) is 12.2 Å². The molecular weight excluding hydrogens is 312 g/mol. The Morgan fingerprint density at radius 3 is 2.67 bits per heavy atom. The highest BCUT2D eigenvalue weighted by Crippen LogP contribution is 2.23. The number of aliphatic carboxylic acids is 1. The molecule has 2 amide bonds. The first kappa shape index (κ1) is 16.0. The molecule has 1 saturated heterocycles. The minimum atomic E-state index is -0.858. The number of rotatable bonds is 3. The van der Waals surface area contributed by atoms with Crippen molar-refractivity contribution >= 4 is 17.7 Å². The van der Waals surface area contributed by atoms with E-state index in [0.29, 0.717) is 24.5 Å². The van der Waals surface area contributed by atoms with Gasteiger partial charge in [-0.3, -0.25) is 4.79 Å². The van der Waals surface area contributed by atoms with Crippen molar-refractivity contribution in [2.45, 2.75) is 13.3 Å². The molecule has 2 unspecified atom stereocenters. The summed E-state index contributed by atoms with van der Waals surface area (Å²) in [4.78, 5) is 29.1. The summed E-state index contributed by atoms with van der Waals surface area (Å²) in [5.74, 6) is -0.739. The number of nitrogens with one attached hydrogen (secondary N) is 1. The van der Waals surface area contributed by atoms with Crippen LogP contribution in [0.5, 0.6) is 0 Å². The van der Waals surface area contributed by atoms with Crippen molar-refractivity contribution in [2.24, 2.45) is 11.8 Å². The summed E-state index contributed by atoms with van der Waals surface area (Å²) in [6, 6.07) is 6.75. The summed E-state index contributed by atoms with van der Waals surface area (Å²) >= 11 is 0. The Labute approximate surface area is 138 Å². The van der Waals surface area contributed by atoms with Gasteiger partial charge in [-0.05, 0) is 36.6 Å². The Bertz CT molecular complexity index is 714. The quantitative estimate of drug-likeness (QED) is 0.894. The van der Waals surface area contributed by atoms with Gasteiger partial charge in [-0.25, -0.2) is 4.79 Å². The zero-order valence-corrected chi connectivity index (χ0v) is 13.2. The maximum absolute atomic E-state index is 12.4. The SMILES string of the molecule is CC1CC(C(=O)O)CN(C(=O)Nc2ccc(-c3ncon3)cc2)C1. The van der Waals surface area contributed by atoms with E-state index in [2.05, 4.69) is 15.5 Å². The lowest BCUT2D eigenvalue weighted by atomic mass is 9.91. The molecule has 2 aromatic rings. The molecule has 8 nitrogen and oxygen atoms in total. The molecule has 0 radical (unpaired) electrons. The Morgan fingerprint density at radius 1 is 1.29 bits per heavy atom. The Kier molecular flexibility index (Phi) is 4.45. The molecule has 1 aromatic heterocycles. The van der Waals surface area contributed by atoms with Gasteiger partial charge < -0.3 is 19.8 Å². The number of urea groups is 1. The molecule has 2 atom stereocenters. The average Bonchev–Trinajstić information content (AvgIpc) is 3.09. The minimum absolute atomic E-state index is 0.159. The largest absolute Gasteiger partial charge is 0.481 e. The Balaban J connectivity index is 1.65. The van der Waals surface area contributed by atoms with Crippen LogP contribution in [0.4, 0.5) is 10.5 Å². The molecule has 3 rings (SSSR count). The number of carboxylic acids is 1. The molecule has 1 aromatic carbocycles. The number of aromatic nitrogens is 2. The van der Waals surface area contributed by atoms with Crippen molar-refractivity contribution in [3.63, 3.8) is 0 Å². The molecule has 2 N–H and O–H groups in total. The second kappa shape index (κ2) is 6.69. The van der Waals surface area contributed by atoms with Gasteiger partial charge >= 0.3 is 12.0 Å². The van der Waals surface area contributed by atoms with E-state index in [-0.39, 0.29) is 18.5 Å². The minimum Gasteiger partial charge on any atom is -0.481 e. The summed E-state index contributed by atoms with van der Waals surface area (Å²) < 4.78 is 4.70. The first-order valence-electron chi connectivity index (χ1n) is 7.68. The first-order valence-corrected chi connectivity index (χ1v) is 7.68.